The highest BCUT2D eigenvalue weighted by molar-refractivity contribution is 5.74. The Balaban J connectivity index is 1.67. The van der Waals surface area contributed by atoms with E-state index in [1.165, 1.54) is 11.6 Å². The number of anilines is 1. The second kappa shape index (κ2) is 9.40. The Morgan fingerprint density at radius 1 is 1.09 bits per heavy atom. The average Bonchev–Trinajstić information content (AvgIpc) is 3.19. The van der Waals surface area contributed by atoms with Crippen molar-refractivity contribution in [1.29, 1.82) is 0 Å². The van der Waals surface area contributed by atoms with Crippen LogP contribution in [-0.4, -0.2) is 74.6 Å². The van der Waals surface area contributed by atoms with E-state index in [1.807, 2.05) is 24.3 Å². The van der Waals surface area contributed by atoms with Gasteiger partial charge in [-0.25, -0.2) is 4.79 Å². The molecule has 1 atom stereocenters. The van der Waals surface area contributed by atoms with Gasteiger partial charge in [0.1, 0.15) is 18.5 Å². The van der Waals surface area contributed by atoms with Gasteiger partial charge in [-0.1, -0.05) is 19.1 Å². The van der Waals surface area contributed by atoms with Gasteiger partial charge in [0.15, 0.2) is 11.2 Å². The van der Waals surface area contributed by atoms with Crippen LogP contribution in [-0.2, 0) is 27.1 Å². The number of imidazole rings is 1. The number of hydrogen-bond acceptors (Lipinski definition) is 7. The molecule has 10 heteroatoms. The van der Waals surface area contributed by atoms with Crippen LogP contribution in [0.2, 0.25) is 0 Å². The summed E-state index contributed by atoms with van der Waals surface area (Å²) in [4.78, 5) is 34.5. The number of rotatable bonds is 7. The molecule has 0 amide bonds. The summed E-state index contributed by atoms with van der Waals surface area (Å²) < 4.78 is 10.0. The van der Waals surface area contributed by atoms with E-state index >= 15 is 0 Å². The minimum Gasteiger partial charge on any atom is -0.491 e. The van der Waals surface area contributed by atoms with E-state index in [0.29, 0.717) is 22.9 Å². The fourth-order valence-electron chi connectivity index (χ4n) is 4.17. The summed E-state index contributed by atoms with van der Waals surface area (Å²) in [6.07, 6.45) is 0.0258. The molecular weight excluding hydrogens is 424 g/mol. The molecule has 33 heavy (non-hydrogen) atoms. The normalized spacial score (nSPS) is 15.8. The van der Waals surface area contributed by atoms with Gasteiger partial charge in [-0.05, 0) is 31.2 Å². The number of nitrogens with zero attached hydrogens (tertiary/aromatic N) is 6. The molecule has 1 aliphatic rings. The molecule has 1 saturated heterocycles. The molecule has 4 rings (SSSR count). The molecule has 178 valence electrons. The van der Waals surface area contributed by atoms with Crippen molar-refractivity contribution in [3.63, 3.8) is 0 Å². The Morgan fingerprint density at radius 3 is 2.52 bits per heavy atom. The summed E-state index contributed by atoms with van der Waals surface area (Å²) >= 11 is 0. The van der Waals surface area contributed by atoms with Gasteiger partial charge >= 0.3 is 5.69 Å². The van der Waals surface area contributed by atoms with Gasteiger partial charge in [0.2, 0.25) is 5.95 Å². The number of aliphatic hydroxyl groups excluding tert-OH is 1. The van der Waals surface area contributed by atoms with Crippen LogP contribution < -0.4 is 20.9 Å². The highest BCUT2D eigenvalue weighted by atomic mass is 16.5. The van der Waals surface area contributed by atoms with Crippen LogP contribution in [0.1, 0.15) is 12.5 Å². The van der Waals surface area contributed by atoms with Crippen molar-refractivity contribution in [2.24, 2.45) is 14.1 Å². The maximum absolute atomic E-state index is 13.1. The summed E-state index contributed by atoms with van der Waals surface area (Å²) in [6.45, 7) is 5.47. The lowest BCUT2D eigenvalue weighted by Gasteiger charge is -2.33. The van der Waals surface area contributed by atoms with Crippen molar-refractivity contribution in [2.45, 2.75) is 26.0 Å². The van der Waals surface area contributed by atoms with Gasteiger partial charge < -0.3 is 24.2 Å². The lowest BCUT2D eigenvalue weighted by molar-refractivity contribution is 0.0935. The van der Waals surface area contributed by atoms with E-state index in [2.05, 4.69) is 28.8 Å². The third kappa shape index (κ3) is 4.53. The van der Waals surface area contributed by atoms with Crippen LogP contribution in [0.25, 0.3) is 11.2 Å². The average molecular weight is 457 g/mol. The number of likely N-dealkylation sites (N-methyl/N-ethyl adjacent to an activating group) is 1. The molecule has 10 nitrogen and oxygen atoms in total. The monoisotopic (exact) mass is 456 g/mol. The van der Waals surface area contributed by atoms with Gasteiger partial charge in [0.05, 0.1) is 6.54 Å². The molecule has 3 aromatic rings. The van der Waals surface area contributed by atoms with E-state index in [-0.39, 0.29) is 13.2 Å². The smallest absolute Gasteiger partial charge is 0.332 e. The van der Waals surface area contributed by atoms with Crippen LogP contribution in [0.5, 0.6) is 5.75 Å². The summed E-state index contributed by atoms with van der Waals surface area (Å²) in [7, 11) is 5.13. The quantitative estimate of drug-likeness (QED) is 0.542. The summed E-state index contributed by atoms with van der Waals surface area (Å²) in [6, 6.07) is 7.78. The fourth-order valence-corrected chi connectivity index (χ4v) is 4.17. The fraction of sp³-hybridized carbons (Fsp3) is 0.522. The SMILES string of the molecule is CCc1cccc(OC[C@H](O)Cn2c(N3CCN(C)CC3)nc3c2c(=O)n(C)c(=O)n3C)c1. The standard InChI is InChI=1S/C23H32N6O4/c1-5-16-7-6-8-18(13-16)33-15-17(30)14-29-19-20(26(3)23(32)27(4)21(19)31)24-22(29)28-11-9-25(2)10-12-28/h6-8,13,17,30H,5,9-12,14-15H2,1-4H3/t17-/m1/s1. The van der Waals surface area contributed by atoms with Crippen molar-refractivity contribution in [3.05, 3.63) is 50.7 Å². The van der Waals surface area contributed by atoms with Gasteiger partial charge in [-0.3, -0.25) is 13.9 Å². The molecule has 2 aromatic heterocycles. The number of fused-ring (bicyclic) bond motifs is 1. The molecule has 1 N–H and O–H groups in total. The number of ether oxygens (including phenoxy) is 1. The number of aromatic nitrogens is 4. The maximum atomic E-state index is 13.1. The predicted molar refractivity (Wildman–Crippen MR) is 127 cm³/mol. The Bertz CT molecular complexity index is 1250. The van der Waals surface area contributed by atoms with Gasteiger partial charge in [-0.15, -0.1) is 0 Å². The van der Waals surface area contributed by atoms with E-state index < -0.39 is 17.4 Å². The van der Waals surface area contributed by atoms with E-state index in [1.54, 1.807) is 11.6 Å². The number of aliphatic hydroxyl groups is 1. The van der Waals surface area contributed by atoms with Crippen LogP contribution in [0.15, 0.2) is 33.9 Å². The largest absolute Gasteiger partial charge is 0.491 e. The predicted octanol–water partition coefficient (Wildman–Crippen LogP) is 0.188. The minimum absolute atomic E-state index is 0.0705. The number of aryl methyl sites for hydroxylation is 2. The molecule has 0 saturated carbocycles. The molecule has 1 fully saturated rings. The molecule has 0 bridgehead atoms. The minimum atomic E-state index is -0.874. The highest BCUT2D eigenvalue weighted by Crippen LogP contribution is 2.22. The highest BCUT2D eigenvalue weighted by Gasteiger charge is 2.26. The lowest BCUT2D eigenvalue weighted by Crippen LogP contribution is -2.45. The van der Waals surface area contributed by atoms with Gasteiger partial charge in [-0.2, -0.15) is 4.98 Å². The van der Waals surface area contributed by atoms with Crippen molar-refractivity contribution < 1.29 is 9.84 Å². The number of hydrogen-bond donors (Lipinski definition) is 1. The van der Waals surface area contributed by atoms with Crippen molar-refractivity contribution >= 4 is 17.1 Å². The topological polar surface area (TPSA) is 97.8 Å². The molecule has 3 heterocycles. The van der Waals surface area contributed by atoms with Crippen molar-refractivity contribution in [3.8, 4) is 5.75 Å². The summed E-state index contributed by atoms with van der Waals surface area (Å²) in [5, 5.41) is 10.8. The molecular formula is C23H32N6O4. The first kappa shape index (κ1) is 23.1. The Hall–Kier alpha value is -3.11. The third-order valence-corrected chi connectivity index (χ3v) is 6.26. The van der Waals surface area contributed by atoms with Crippen molar-refractivity contribution in [2.75, 3.05) is 44.7 Å². The zero-order chi connectivity index (χ0) is 23.7. The number of piperazine rings is 1. The second-order valence-electron chi connectivity index (χ2n) is 8.66. The molecule has 0 radical (unpaired) electrons. The first-order valence-corrected chi connectivity index (χ1v) is 11.3. The number of benzene rings is 1. The maximum Gasteiger partial charge on any atom is 0.332 e. The summed E-state index contributed by atoms with van der Waals surface area (Å²) in [5.41, 5.74) is 0.928. The Morgan fingerprint density at radius 2 is 1.82 bits per heavy atom. The van der Waals surface area contributed by atoms with E-state index in [9.17, 15) is 14.7 Å². The molecule has 1 aliphatic heterocycles. The second-order valence-corrected chi connectivity index (χ2v) is 8.66. The zero-order valence-corrected chi connectivity index (χ0v) is 19.7. The molecule has 0 aliphatic carbocycles. The Labute approximate surface area is 192 Å². The first-order chi connectivity index (χ1) is 15.8. The van der Waals surface area contributed by atoms with E-state index in [0.717, 1.165) is 42.7 Å². The molecule has 0 spiro atoms. The van der Waals surface area contributed by atoms with Crippen molar-refractivity contribution in [1.82, 2.24) is 23.6 Å². The summed E-state index contributed by atoms with van der Waals surface area (Å²) in [5.74, 6) is 1.28. The molecule has 0 unspecified atom stereocenters. The van der Waals surface area contributed by atoms with Crippen LogP contribution in [0, 0.1) is 0 Å². The van der Waals surface area contributed by atoms with Crippen LogP contribution in [0.4, 0.5) is 5.95 Å². The third-order valence-electron chi connectivity index (χ3n) is 6.26. The van der Waals surface area contributed by atoms with Gasteiger partial charge in [0, 0.05) is 40.3 Å². The van der Waals surface area contributed by atoms with Crippen LogP contribution in [0.3, 0.4) is 0 Å². The first-order valence-electron chi connectivity index (χ1n) is 11.3. The van der Waals surface area contributed by atoms with Gasteiger partial charge in [0.25, 0.3) is 5.56 Å². The molecule has 1 aromatic carbocycles. The Kier molecular flexibility index (Phi) is 6.57. The van der Waals surface area contributed by atoms with Crippen LogP contribution >= 0.6 is 0 Å². The van der Waals surface area contributed by atoms with E-state index in [4.69, 9.17) is 4.74 Å². The zero-order valence-electron chi connectivity index (χ0n) is 19.7. The lowest BCUT2D eigenvalue weighted by atomic mass is 10.2.